The van der Waals surface area contributed by atoms with Crippen molar-refractivity contribution in [2.24, 2.45) is 5.92 Å². The van der Waals surface area contributed by atoms with Gasteiger partial charge < -0.3 is 15.1 Å². The van der Waals surface area contributed by atoms with E-state index in [9.17, 15) is 14.4 Å². The highest BCUT2D eigenvalue weighted by atomic mass is 35.5. The zero-order chi connectivity index (χ0) is 25.0. The largest absolute Gasteiger partial charge is 0.339 e. The van der Waals surface area contributed by atoms with Crippen molar-refractivity contribution in [3.63, 3.8) is 0 Å². The van der Waals surface area contributed by atoms with Gasteiger partial charge in [-0.05, 0) is 69.5 Å². The SMILES string of the molecule is CN(C)CCN1C(=O)N[C@@](CCc2ccccc2)(C2CCN(C(=O)c3cccc(Cl)c3)CC2)C1=O. The summed E-state index contributed by atoms with van der Waals surface area (Å²) in [5.74, 6) is -0.242. The Bertz CT molecular complexity index is 1070. The van der Waals surface area contributed by atoms with Gasteiger partial charge in [0.2, 0.25) is 0 Å². The highest BCUT2D eigenvalue weighted by Crippen LogP contribution is 2.37. The molecule has 2 heterocycles. The van der Waals surface area contributed by atoms with Gasteiger partial charge >= 0.3 is 6.03 Å². The van der Waals surface area contributed by atoms with Crippen molar-refractivity contribution in [3.8, 4) is 0 Å². The molecule has 2 aromatic carbocycles. The van der Waals surface area contributed by atoms with Crippen molar-refractivity contribution < 1.29 is 14.4 Å². The summed E-state index contributed by atoms with van der Waals surface area (Å²) in [5, 5.41) is 3.64. The number of amides is 4. The van der Waals surface area contributed by atoms with Crippen LogP contribution in [0, 0.1) is 5.92 Å². The van der Waals surface area contributed by atoms with Gasteiger partial charge in [0.05, 0.1) is 0 Å². The molecule has 7 nitrogen and oxygen atoms in total. The van der Waals surface area contributed by atoms with Gasteiger partial charge in [0.15, 0.2) is 0 Å². The summed E-state index contributed by atoms with van der Waals surface area (Å²) in [4.78, 5) is 44.9. The molecule has 4 rings (SSSR count). The molecule has 4 amide bonds. The maximum absolute atomic E-state index is 13.8. The van der Waals surface area contributed by atoms with Crippen LogP contribution in [0.2, 0.25) is 5.02 Å². The minimum absolute atomic E-state index is 0.0459. The summed E-state index contributed by atoms with van der Waals surface area (Å²) in [6, 6.07) is 16.7. The molecule has 0 spiro atoms. The number of likely N-dealkylation sites (N-methyl/N-ethyl adjacent to an activating group) is 1. The molecule has 1 N–H and O–H groups in total. The second kappa shape index (κ2) is 10.8. The molecule has 35 heavy (non-hydrogen) atoms. The molecule has 0 bridgehead atoms. The molecule has 0 saturated carbocycles. The van der Waals surface area contributed by atoms with Crippen LogP contribution in [0.3, 0.4) is 0 Å². The van der Waals surface area contributed by atoms with E-state index in [0.29, 0.717) is 62.4 Å². The van der Waals surface area contributed by atoms with Crippen LogP contribution < -0.4 is 5.32 Å². The van der Waals surface area contributed by atoms with Gasteiger partial charge in [-0.2, -0.15) is 0 Å². The molecule has 1 atom stereocenters. The zero-order valence-corrected chi connectivity index (χ0v) is 21.1. The molecule has 186 valence electrons. The van der Waals surface area contributed by atoms with Gasteiger partial charge in [-0.15, -0.1) is 0 Å². The molecule has 2 aromatic rings. The molecule has 0 aromatic heterocycles. The van der Waals surface area contributed by atoms with Crippen LogP contribution in [-0.2, 0) is 11.2 Å². The van der Waals surface area contributed by atoms with E-state index in [1.165, 1.54) is 4.90 Å². The quantitative estimate of drug-likeness (QED) is 0.566. The van der Waals surface area contributed by atoms with Crippen LogP contribution in [-0.4, -0.2) is 78.4 Å². The number of rotatable bonds is 8. The minimum Gasteiger partial charge on any atom is -0.339 e. The first-order chi connectivity index (χ1) is 16.8. The van der Waals surface area contributed by atoms with E-state index in [2.05, 4.69) is 5.32 Å². The first kappa shape index (κ1) is 25.2. The van der Waals surface area contributed by atoms with E-state index in [1.54, 1.807) is 24.3 Å². The highest BCUT2D eigenvalue weighted by Gasteiger charge is 2.55. The Balaban J connectivity index is 1.51. The monoisotopic (exact) mass is 496 g/mol. The van der Waals surface area contributed by atoms with Crippen molar-refractivity contribution in [1.29, 1.82) is 0 Å². The van der Waals surface area contributed by atoms with Crippen LogP contribution in [0.25, 0.3) is 0 Å². The third-order valence-corrected chi connectivity index (χ3v) is 7.41. The molecule has 2 saturated heterocycles. The molecular formula is C27H33ClN4O3. The fraction of sp³-hybridized carbons (Fsp3) is 0.444. The van der Waals surface area contributed by atoms with Crippen LogP contribution in [0.5, 0.6) is 0 Å². The van der Waals surface area contributed by atoms with Gasteiger partial charge in [-0.1, -0.05) is 48.0 Å². The lowest BCUT2D eigenvalue weighted by molar-refractivity contribution is -0.134. The highest BCUT2D eigenvalue weighted by molar-refractivity contribution is 6.30. The number of hydrogen-bond donors (Lipinski definition) is 1. The van der Waals surface area contributed by atoms with Crippen molar-refractivity contribution in [1.82, 2.24) is 20.0 Å². The number of piperidine rings is 1. The average Bonchev–Trinajstić information content (AvgIpc) is 3.11. The van der Waals surface area contributed by atoms with Gasteiger partial charge in [-0.25, -0.2) is 4.79 Å². The van der Waals surface area contributed by atoms with E-state index < -0.39 is 5.54 Å². The first-order valence-electron chi connectivity index (χ1n) is 12.2. The van der Waals surface area contributed by atoms with Crippen LogP contribution in [0.15, 0.2) is 54.6 Å². The maximum atomic E-state index is 13.8. The first-order valence-corrected chi connectivity index (χ1v) is 12.6. The van der Waals surface area contributed by atoms with Gasteiger partial charge in [0.1, 0.15) is 5.54 Å². The number of halogens is 1. The molecule has 8 heteroatoms. The number of carbonyl (C=O) groups is 3. The van der Waals surface area contributed by atoms with E-state index in [4.69, 9.17) is 11.6 Å². The van der Waals surface area contributed by atoms with Gasteiger partial charge in [0, 0.05) is 36.8 Å². The van der Waals surface area contributed by atoms with Crippen molar-refractivity contribution in [3.05, 3.63) is 70.7 Å². The average molecular weight is 497 g/mol. The van der Waals surface area contributed by atoms with Crippen LogP contribution in [0.1, 0.15) is 35.2 Å². The summed E-state index contributed by atoms with van der Waals surface area (Å²) >= 11 is 6.07. The number of carbonyl (C=O) groups excluding carboxylic acids is 3. The number of benzene rings is 2. The fourth-order valence-corrected chi connectivity index (χ4v) is 5.35. The van der Waals surface area contributed by atoms with Crippen molar-refractivity contribution >= 4 is 29.4 Å². The molecular weight excluding hydrogens is 464 g/mol. The third kappa shape index (κ3) is 5.52. The second-order valence-electron chi connectivity index (χ2n) is 9.72. The summed E-state index contributed by atoms with van der Waals surface area (Å²) in [6.07, 6.45) is 2.52. The number of aryl methyl sites for hydroxylation is 1. The molecule has 0 aliphatic carbocycles. The maximum Gasteiger partial charge on any atom is 0.325 e. The topological polar surface area (TPSA) is 73.0 Å². The lowest BCUT2D eigenvalue weighted by Gasteiger charge is -2.41. The Kier molecular flexibility index (Phi) is 7.77. The summed E-state index contributed by atoms with van der Waals surface area (Å²) in [7, 11) is 3.85. The number of nitrogens with zero attached hydrogens (tertiary/aromatic N) is 3. The standard InChI is InChI=1S/C27H33ClN4O3/c1-30(2)17-18-32-25(34)27(29-26(32)35,14-11-20-7-4-3-5-8-20)22-12-15-31(16-13-22)24(33)21-9-6-10-23(28)19-21/h3-10,19,22H,11-18H2,1-2H3,(H,29,35)/t27-/m0/s1. The number of likely N-dealkylation sites (tertiary alicyclic amines) is 1. The van der Waals surface area contributed by atoms with Crippen molar-refractivity contribution in [2.45, 2.75) is 31.2 Å². The third-order valence-electron chi connectivity index (χ3n) is 7.17. The van der Waals surface area contributed by atoms with E-state index >= 15 is 0 Å². The molecule has 2 aliphatic heterocycles. The summed E-state index contributed by atoms with van der Waals surface area (Å²) < 4.78 is 0. The number of imide groups is 1. The predicted octanol–water partition coefficient (Wildman–Crippen LogP) is 3.68. The van der Waals surface area contributed by atoms with Crippen molar-refractivity contribution in [2.75, 3.05) is 40.3 Å². The van der Waals surface area contributed by atoms with Gasteiger partial charge in [-0.3, -0.25) is 14.5 Å². The Labute approximate surface area is 212 Å². The molecule has 2 aliphatic rings. The fourth-order valence-electron chi connectivity index (χ4n) is 5.16. The number of nitrogens with one attached hydrogen (secondary N) is 1. The lowest BCUT2D eigenvalue weighted by Crippen LogP contribution is -2.57. The Hall–Kier alpha value is -2.90. The van der Waals surface area contributed by atoms with E-state index in [-0.39, 0.29) is 23.8 Å². The second-order valence-corrected chi connectivity index (χ2v) is 10.2. The number of hydrogen-bond acceptors (Lipinski definition) is 4. The van der Waals surface area contributed by atoms with Crippen LogP contribution >= 0.6 is 11.6 Å². The lowest BCUT2D eigenvalue weighted by atomic mass is 9.74. The molecule has 0 unspecified atom stereocenters. The zero-order valence-electron chi connectivity index (χ0n) is 20.4. The van der Waals surface area contributed by atoms with Gasteiger partial charge in [0.25, 0.3) is 11.8 Å². The summed E-state index contributed by atoms with van der Waals surface area (Å²) in [6.45, 7) is 2.03. The van der Waals surface area contributed by atoms with E-state index in [0.717, 1.165) is 5.56 Å². The van der Waals surface area contributed by atoms with E-state index in [1.807, 2.05) is 54.2 Å². The Morgan fingerprint density at radius 3 is 2.46 bits per heavy atom. The Morgan fingerprint density at radius 2 is 1.80 bits per heavy atom. The van der Waals surface area contributed by atoms with Crippen LogP contribution in [0.4, 0.5) is 4.79 Å². The smallest absolute Gasteiger partial charge is 0.325 e. The predicted molar refractivity (Wildman–Crippen MR) is 136 cm³/mol. The normalized spacial score (nSPS) is 21.0. The summed E-state index contributed by atoms with van der Waals surface area (Å²) in [5.41, 5.74) is 0.744. The Morgan fingerprint density at radius 1 is 1.09 bits per heavy atom. The minimum atomic E-state index is -0.954. The molecule has 2 fully saturated rings. The number of urea groups is 1. The molecule has 0 radical (unpaired) electrons.